The number of hydrogen-bond acceptors (Lipinski definition) is 16. The number of amides is 2. The number of carboxylic acid groups (broad SMARTS) is 1. The zero-order valence-corrected chi connectivity index (χ0v) is 65.4. The van der Waals surface area contributed by atoms with Crippen LogP contribution in [0.15, 0.2) is 157 Å². The number of benzene rings is 2. The SMILES string of the molecule is C.CC/C=C\C/C=C\C/C=C\C/C=C\C/C=C\CCCC(=O)O.CC/C=C\C/C=C\C/C=C\C/C=C\C/C=C\CCCC(=O)OCCN(CC)C(=O)/C(C#N)=C/c1cc(OC)c(C)c([N+](=O)[O-])c1.CCN(CCCl)C(=O)/C(C#N)=C/c1cc(OC)c(C)c([N+](=O)[O-])c1.O=CO[O-].[H-].[K+].[K+]. The molecule has 0 spiro atoms. The smallest absolute Gasteiger partial charge is 1.00 e. The third-order valence-corrected chi connectivity index (χ3v) is 13.2. The van der Waals surface area contributed by atoms with Gasteiger partial charge in [-0.15, -0.1) is 11.6 Å². The molecule has 0 radical (unpaired) electrons. The number of methoxy groups -OCH3 is 2. The van der Waals surface area contributed by atoms with Gasteiger partial charge in [0, 0.05) is 50.5 Å². The molecule has 0 aliphatic carbocycles. The number of esters is 1. The Bertz CT molecular complexity index is 3120. The van der Waals surface area contributed by atoms with E-state index >= 15 is 0 Å². The summed E-state index contributed by atoms with van der Waals surface area (Å²) in [6, 6.07) is 9.39. The van der Waals surface area contributed by atoms with E-state index in [1.807, 2.05) is 12.1 Å². The molecule has 2 amide bonds. The van der Waals surface area contributed by atoms with Gasteiger partial charge in [0.25, 0.3) is 29.7 Å². The molecule has 2 aromatic rings. The molecular weight excluding hydrogens is 1330 g/mol. The second-order valence-electron chi connectivity index (χ2n) is 20.1. The van der Waals surface area contributed by atoms with Crippen LogP contribution in [0, 0.1) is 56.7 Å². The minimum absolute atomic E-state index is 0. The quantitative estimate of drug-likeness (QED) is 0.00552. The van der Waals surface area contributed by atoms with Gasteiger partial charge in [-0.05, 0) is 153 Å². The Morgan fingerprint density at radius 2 is 0.888 bits per heavy atom. The molecule has 0 saturated heterocycles. The molecule has 0 heterocycles. The molecule has 0 aromatic heterocycles. The van der Waals surface area contributed by atoms with Gasteiger partial charge in [-0.25, -0.2) is 0 Å². The van der Waals surface area contributed by atoms with Crippen LogP contribution >= 0.6 is 11.6 Å². The van der Waals surface area contributed by atoms with Crippen molar-refractivity contribution in [3.05, 3.63) is 199 Å². The number of alkyl halides is 1. The maximum atomic E-state index is 13.0. The summed E-state index contributed by atoms with van der Waals surface area (Å²) < 4.78 is 15.6. The average molecular weight is 1430 g/mol. The van der Waals surface area contributed by atoms with Crippen LogP contribution in [-0.4, -0.2) is 108 Å². The maximum Gasteiger partial charge on any atom is 1.00 e. The summed E-state index contributed by atoms with van der Waals surface area (Å²) in [5.41, 5.74) is 0.730. The molecule has 2 rings (SSSR count). The molecule has 526 valence electrons. The number of nitro groups is 2. The molecular formula is C74H101ClK2N6O15. The Kier molecular flexibility index (Phi) is 70.6. The normalized spacial score (nSPS) is 11.3. The van der Waals surface area contributed by atoms with Gasteiger partial charge in [0.1, 0.15) is 41.4 Å². The molecule has 1 N–H and O–H groups in total. The number of carbonyl (C=O) groups is 5. The number of likely N-dealkylation sites (N-methyl/N-ethyl adjacent to an activating group) is 2. The number of nitriles is 2. The monoisotopic (exact) mass is 1430 g/mol. The summed E-state index contributed by atoms with van der Waals surface area (Å²) in [4.78, 5) is 83.3. The van der Waals surface area contributed by atoms with E-state index in [0.717, 1.165) is 83.5 Å². The van der Waals surface area contributed by atoms with Crippen LogP contribution < -0.4 is 118 Å². The van der Waals surface area contributed by atoms with Gasteiger partial charge in [0.2, 0.25) is 0 Å². The number of allylic oxidation sites excluding steroid dienone is 20. The van der Waals surface area contributed by atoms with E-state index in [1.54, 1.807) is 33.8 Å². The number of carboxylic acids is 1. The Morgan fingerprint density at radius 1 is 0.571 bits per heavy atom. The summed E-state index contributed by atoms with van der Waals surface area (Å²) >= 11 is 5.65. The van der Waals surface area contributed by atoms with Gasteiger partial charge in [-0.1, -0.05) is 143 Å². The predicted molar refractivity (Wildman–Crippen MR) is 381 cm³/mol. The third-order valence-electron chi connectivity index (χ3n) is 13.1. The van der Waals surface area contributed by atoms with Crippen LogP contribution in [0.25, 0.3) is 12.2 Å². The zero-order valence-electron chi connectivity index (χ0n) is 59.4. The third kappa shape index (κ3) is 50.8. The number of ether oxygens (including phenoxy) is 3. The second kappa shape index (κ2) is 69.1. The molecule has 0 unspecified atom stereocenters. The number of nitrogens with zero attached hydrogens (tertiary/aromatic N) is 6. The van der Waals surface area contributed by atoms with Crippen LogP contribution in [-0.2, 0) is 33.6 Å². The largest absolute Gasteiger partial charge is 1.00 e. The van der Waals surface area contributed by atoms with Crippen molar-refractivity contribution in [3.8, 4) is 23.6 Å². The molecule has 21 nitrogen and oxygen atoms in total. The summed E-state index contributed by atoms with van der Waals surface area (Å²) in [6.07, 6.45) is 58.9. The summed E-state index contributed by atoms with van der Waals surface area (Å²) in [6.45, 7) is 11.9. The minimum atomic E-state index is -0.715. The fraction of sp³-hybridized carbons (Fsp3) is 0.419. The van der Waals surface area contributed by atoms with E-state index in [9.17, 15) is 49.9 Å². The zero-order chi connectivity index (χ0) is 71.3. The van der Waals surface area contributed by atoms with Gasteiger partial charge >= 0.3 is 115 Å². The fourth-order valence-electron chi connectivity index (χ4n) is 8.04. The molecule has 0 aliphatic rings. The summed E-state index contributed by atoms with van der Waals surface area (Å²) in [5.74, 6) is -1.25. The molecule has 24 heteroatoms. The van der Waals surface area contributed by atoms with E-state index < -0.39 is 27.6 Å². The van der Waals surface area contributed by atoms with E-state index in [2.05, 4.69) is 140 Å². The number of carbonyl (C=O) groups excluding carboxylic acids is 4. The molecule has 98 heavy (non-hydrogen) atoms. The minimum Gasteiger partial charge on any atom is -1.00 e. The van der Waals surface area contributed by atoms with Crippen LogP contribution in [0.2, 0.25) is 0 Å². The molecule has 2 aromatic carbocycles. The van der Waals surface area contributed by atoms with Crippen molar-refractivity contribution in [1.29, 1.82) is 10.5 Å². The summed E-state index contributed by atoms with van der Waals surface area (Å²) in [7, 11) is 2.79. The maximum absolute atomic E-state index is 13.0. The van der Waals surface area contributed by atoms with Gasteiger partial charge in [0.15, 0.2) is 0 Å². The van der Waals surface area contributed by atoms with E-state index in [0.29, 0.717) is 47.5 Å². The Labute approximate surface area is 673 Å². The van der Waals surface area contributed by atoms with Crippen molar-refractivity contribution in [3.63, 3.8) is 0 Å². The number of hydrogen-bond donors (Lipinski definition) is 1. The van der Waals surface area contributed by atoms with Crippen molar-refractivity contribution >= 4 is 65.4 Å². The second-order valence-corrected chi connectivity index (χ2v) is 20.4. The van der Waals surface area contributed by atoms with Gasteiger partial charge in [0.05, 0.1) is 41.7 Å². The van der Waals surface area contributed by atoms with Crippen molar-refractivity contribution in [1.82, 2.24) is 9.80 Å². The number of unbranched alkanes of at least 4 members (excludes halogenated alkanes) is 2. The topological polar surface area (TPSA) is 306 Å². The van der Waals surface area contributed by atoms with E-state index in [4.69, 9.17) is 41.0 Å². The first-order valence-electron chi connectivity index (χ1n) is 31.5. The van der Waals surface area contributed by atoms with Crippen molar-refractivity contribution in [2.75, 3.05) is 52.9 Å². The fourth-order valence-corrected chi connectivity index (χ4v) is 8.24. The molecule has 0 atom stereocenters. The van der Waals surface area contributed by atoms with Crippen LogP contribution in [0.3, 0.4) is 0 Å². The average Bonchev–Trinajstić information content (AvgIpc) is 0.952. The first-order chi connectivity index (χ1) is 45.9. The van der Waals surface area contributed by atoms with Crippen LogP contribution in [0.4, 0.5) is 11.4 Å². The number of aliphatic carboxylic acids is 1. The first-order valence-corrected chi connectivity index (χ1v) is 32.0. The van der Waals surface area contributed by atoms with Gasteiger partial charge in [-0.3, -0.25) is 44.2 Å². The van der Waals surface area contributed by atoms with Crippen LogP contribution in [0.1, 0.15) is 162 Å². The van der Waals surface area contributed by atoms with Gasteiger partial charge in [-0.2, -0.15) is 10.5 Å². The summed E-state index contributed by atoms with van der Waals surface area (Å²) in [5, 5.41) is 58.4. The van der Waals surface area contributed by atoms with E-state index in [1.165, 1.54) is 54.4 Å². The molecule has 0 fully saturated rings. The molecule has 0 saturated carbocycles. The first kappa shape index (κ1) is 100. The predicted octanol–water partition coefficient (Wildman–Crippen LogP) is 10.2. The number of nitro benzene ring substituents is 2. The Balaban J connectivity index is -0.000000339. The standard InChI is InChI=1S/C36H47N3O6.C20H30O2.C16H18ClN3O4.CH2O3.CH4.2K.H/c1-5-7-8-9-10-11-12-13-14-15-16-17-18-19-20-21-22-23-35(40)45-25-24-38(6-2)36(41)32(29-37)26-31-27-33(39(42)43)30(3)34(28-31)44-4;1-2-3-4-5-6-7-8-9-10-11-12-13-14-15-16-17-18-19-20(21)22;1-4-19(6-5-17)16(21)13(10-18)7-12-8-14(20(22)23)11(2)15(9-12)24-3;2-1-4-3;;;;/h7-8,10-11,13-14,16-17,19-20,26-28H,5-6,9,12,15,18,21-25H2,1-4H3;3-4,6-7,9-10,12-13,15-16H,2,5,8,11,14,17-19H2,1H3,(H,21,22);7-9H,4-6H2,1-3H3;1,3H;1H4;;;/q;;;;;2*+1;-1/p-1/b8-7-,11-10-,14-13-,17-16-,20-19-,32-26+;4-3-,7-6-,10-9-,13-12-,16-15-;13-7+;;;;;. The Hall–Kier alpha value is -6.43. The number of halogens is 1. The molecule has 0 aliphatic heterocycles. The van der Waals surface area contributed by atoms with Crippen molar-refractivity contribution in [2.45, 2.75) is 152 Å². The van der Waals surface area contributed by atoms with E-state index in [-0.39, 0.29) is 191 Å². The van der Waals surface area contributed by atoms with Crippen molar-refractivity contribution < 1.29 is 167 Å². The van der Waals surface area contributed by atoms with Crippen LogP contribution in [0.5, 0.6) is 11.5 Å². The van der Waals surface area contributed by atoms with Gasteiger partial charge < -0.3 is 40.7 Å². The Morgan fingerprint density at radius 3 is 1.16 bits per heavy atom. The molecule has 0 bridgehead atoms. The number of rotatable bonds is 42. The van der Waals surface area contributed by atoms with Crippen molar-refractivity contribution in [2.24, 2.45) is 0 Å².